The molecular formula is C16H20F3N3O4S. The number of esters is 1. The van der Waals surface area contributed by atoms with Gasteiger partial charge in [-0.2, -0.15) is 13.2 Å². The predicted molar refractivity (Wildman–Crippen MR) is 94.0 cm³/mol. The van der Waals surface area contributed by atoms with Crippen molar-refractivity contribution in [3.05, 3.63) is 29.8 Å². The van der Waals surface area contributed by atoms with E-state index in [9.17, 15) is 26.4 Å². The van der Waals surface area contributed by atoms with Crippen LogP contribution in [-0.2, 0) is 25.5 Å². The average molecular weight is 407 g/mol. The van der Waals surface area contributed by atoms with Crippen LogP contribution in [0.1, 0.15) is 18.9 Å². The molecule has 0 aliphatic carbocycles. The number of alkyl halides is 3. The van der Waals surface area contributed by atoms with E-state index >= 15 is 0 Å². The van der Waals surface area contributed by atoms with E-state index in [0.717, 1.165) is 12.1 Å². The van der Waals surface area contributed by atoms with Crippen LogP contribution >= 0.6 is 0 Å². The van der Waals surface area contributed by atoms with E-state index < -0.39 is 33.6 Å². The van der Waals surface area contributed by atoms with Crippen molar-refractivity contribution in [3.63, 3.8) is 0 Å². The number of halogens is 3. The zero-order valence-corrected chi connectivity index (χ0v) is 15.6. The molecule has 1 saturated heterocycles. The third-order valence-electron chi connectivity index (χ3n) is 4.03. The molecule has 2 rings (SSSR count). The van der Waals surface area contributed by atoms with Crippen LogP contribution in [0, 0.1) is 0 Å². The maximum Gasteiger partial charge on any atom is 0.416 e. The SMILES string of the molecule is CCOC(=O)/C(=N\Nc1cccc(C(F)(F)F)c1)N(C)C1CCS(=O)(=O)C1. The molecule has 1 aliphatic heterocycles. The van der Waals surface area contributed by atoms with Gasteiger partial charge in [-0.3, -0.25) is 5.43 Å². The zero-order chi connectivity index (χ0) is 20.2. The maximum absolute atomic E-state index is 12.8. The lowest BCUT2D eigenvalue weighted by molar-refractivity contribution is -0.138. The number of ether oxygens (including phenoxy) is 1. The predicted octanol–water partition coefficient (Wildman–Crippen LogP) is 2.11. The summed E-state index contributed by atoms with van der Waals surface area (Å²) in [7, 11) is -1.70. The van der Waals surface area contributed by atoms with Crippen molar-refractivity contribution in [1.82, 2.24) is 4.90 Å². The maximum atomic E-state index is 12.8. The van der Waals surface area contributed by atoms with Gasteiger partial charge in [-0.05, 0) is 31.5 Å². The summed E-state index contributed by atoms with van der Waals surface area (Å²) in [6.45, 7) is 1.66. The molecule has 0 bridgehead atoms. The van der Waals surface area contributed by atoms with Gasteiger partial charge in [-0.25, -0.2) is 13.2 Å². The van der Waals surface area contributed by atoms with E-state index in [1.807, 2.05) is 0 Å². The number of nitrogens with one attached hydrogen (secondary N) is 1. The van der Waals surface area contributed by atoms with Crippen LogP contribution in [0.3, 0.4) is 0 Å². The van der Waals surface area contributed by atoms with Crippen LogP contribution in [-0.4, -0.2) is 56.3 Å². The second kappa shape index (κ2) is 8.15. The number of nitrogens with zero attached hydrogens (tertiary/aromatic N) is 2. The van der Waals surface area contributed by atoms with Crippen molar-refractivity contribution in [2.24, 2.45) is 5.10 Å². The van der Waals surface area contributed by atoms with Gasteiger partial charge >= 0.3 is 12.1 Å². The Morgan fingerprint density at radius 3 is 2.67 bits per heavy atom. The van der Waals surface area contributed by atoms with Crippen LogP contribution in [0.5, 0.6) is 0 Å². The first-order valence-corrected chi connectivity index (χ1v) is 9.97. The Hall–Kier alpha value is -2.30. The first-order chi connectivity index (χ1) is 12.5. The molecule has 1 unspecified atom stereocenters. The topological polar surface area (TPSA) is 88.1 Å². The molecule has 1 N–H and O–H groups in total. The summed E-state index contributed by atoms with van der Waals surface area (Å²) < 4.78 is 66.7. The Labute approximate surface area is 155 Å². The minimum absolute atomic E-state index is 0.000825. The van der Waals surface area contributed by atoms with Gasteiger partial charge in [0.2, 0.25) is 5.84 Å². The summed E-state index contributed by atoms with van der Waals surface area (Å²) in [5.74, 6) is -1.15. The molecule has 1 aliphatic rings. The summed E-state index contributed by atoms with van der Waals surface area (Å²) in [6, 6.07) is 3.86. The number of carbonyl (C=O) groups is 1. The van der Waals surface area contributed by atoms with Crippen LogP contribution in [0.2, 0.25) is 0 Å². The lowest BCUT2D eigenvalue weighted by Gasteiger charge is -2.25. The molecule has 0 spiro atoms. The van der Waals surface area contributed by atoms with Gasteiger partial charge in [0, 0.05) is 13.1 Å². The Kier molecular flexibility index (Phi) is 6.34. The first kappa shape index (κ1) is 21.0. The average Bonchev–Trinajstić information content (AvgIpc) is 2.94. The highest BCUT2D eigenvalue weighted by molar-refractivity contribution is 7.91. The van der Waals surface area contributed by atoms with E-state index in [1.54, 1.807) is 6.92 Å². The summed E-state index contributed by atoms with van der Waals surface area (Å²) in [5, 5.41) is 3.88. The third kappa shape index (κ3) is 5.59. The van der Waals surface area contributed by atoms with Gasteiger partial charge in [0.15, 0.2) is 9.84 Å². The molecule has 0 radical (unpaired) electrons. The number of amidine groups is 1. The fraction of sp³-hybridized carbons (Fsp3) is 0.500. The number of anilines is 1. The molecule has 1 fully saturated rings. The molecule has 0 saturated carbocycles. The highest BCUT2D eigenvalue weighted by Gasteiger charge is 2.34. The van der Waals surface area contributed by atoms with Crippen molar-refractivity contribution >= 4 is 27.3 Å². The number of likely N-dealkylation sites (N-methyl/N-ethyl adjacent to an activating group) is 1. The van der Waals surface area contributed by atoms with Gasteiger partial charge in [0.25, 0.3) is 0 Å². The molecule has 0 aromatic heterocycles. The van der Waals surface area contributed by atoms with Crippen molar-refractivity contribution in [3.8, 4) is 0 Å². The molecule has 0 amide bonds. The lowest BCUT2D eigenvalue weighted by Crippen LogP contribution is -2.43. The fourth-order valence-corrected chi connectivity index (χ4v) is 4.37. The van der Waals surface area contributed by atoms with E-state index in [2.05, 4.69) is 10.5 Å². The summed E-state index contributed by atoms with van der Waals surface area (Å²) in [5.41, 5.74) is 1.58. The highest BCUT2D eigenvalue weighted by Crippen LogP contribution is 2.30. The van der Waals surface area contributed by atoms with Crippen LogP contribution in [0.4, 0.5) is 18.9 Å². The van der Waals surface area contributed by atoms with Crippen LogP contribution in [0.25, 0.3) is 0 Å². The van der Waals surface area contributed by atoms with Crippen LogP contribution < -0.4 is 5.43 Å². The molecule has 27 heavy (non-hydrogen) atoms. The van der Waals surface area contributed by atoms with Gasteiger partial charge < -0.3 is 9.64 Å². The number of hydrogen-bond donors (Lipinski definition) is 1. The van der Waals surface area contributed by atoms with E-state index in [1.165, 1.54) is 24.1 Å². The highest BCUT2D eigenvalue weighted by atomic mass is 32.2. The molecule has 1 atom stereocenters. The summed E-state index contributed by atoms with van der Waals surface area (Å²) in [6.07, 6.45) is -4.19. The summed E-state index contributed by atoms with van der Waals surface area (Å²) >= 11 is 0. The molecule has 1 aromatic carbocycles. The Bertz CT molecular complexity index is 824. The lowest BCUT2D eigenvalue weighted by atomic mass is 10.2. The monoisotopic (exact) mass is 407 g/mol. The quantitative estimate of drug-likeness (QED) is 0.356. The molecule has 7 nitrogen and oxygen atoms in total. The number of benzene rings is 1. The van der Waals surface area contributed by atoms with Crippen molar-refractivity contribution in [2.75, 3.05) is 30.6 Å². The largest absolute Gasteiger partial charge is 0.460 e. The third-order valence-corrected chi connectivity index (χ3v) is 5.78. The van der Waals surface area contributed by atoms with E-state index in [-0.39, 0.29) is 29.6 Å². The second-order valence-electron chi connectivity index (χ2n) is 6.01. The number of hydrazone groups is 1. The minimum Gasteiger partial charge on any atom is -0.460 e. The molecule has 1 aromatic rings. The van der Waals surface area contributed by atoms with Crippen molar-refractivity contribution in [2.45, 2.75) is 25.6 Å². The Morgan fingerprint density at radius 2 is 2.11 bits per heavy atom. The normalized spacial score (nSPS) is 19.6. The minimum atomic E-state index is -4.51. The number of rotatable bonds is 4. The Morgan fingerprint density at radius 1 is 1.41 bits per heavy atom. The van der Waals surface area contributed by atoms with Gasteiger partial charge in [0.1, 0.15) is 0 Å². The van der Waals surface area contributed by atoms with Gasteiger partial charge in [0.05, 0.1) is 29.4 Å². The van der Waals surface area contributed by atoms with Crippen molar-refractivity contribution in [1.29, 1.82) is 0 Å². The number of sulfone groups is 1. The van der Waals surface area contributed by atoms with Crippen molar-refractivity contribution < 1.29 is 31.1 Å². The Balaban J connectivity index is 2.25. The molecule has 11 heteroatoms. The molecular weight excluding hydrogens is 387 g/mol. The second-order valence-corrected chi connectivity index (χ2v) is 8.24. The zero-order valence-electron chi connectivity index (χ0n) is 14.8. The van der Waals surface area contributed by atoms with E-state index in [0.29, 0.717) is 6.42 Å². The molecule has 150 valence electrons. The summed E-state index contributed by atoms with van der Waals surface area (Å²) in [4.78, 5) is 13.6. The first-order valence-electron chi connectivity index (χ1n) is 8.15. The van der Waals surface area contributed by atoms with Crippen LogP contribution in [0.15, 0.2) is 29.4 Å². The van der Waals surface area contributed by atoms with Gasteiger partial charge in [-0.1, -0.05) is 6.07 Å². The number of carbonyl (C=O) groups excluding carboxylic acids is 1. The number of hydrogen-bond acceptors (Lipinski definition) is 6. The van der Waals surface area contributed by atoms with Gasteiger partial charge in [-0.15, -0.1) is 5.10 Å². The standard InChI is InChI=1S/C16H20F3N3O4S/c1-3-26-15(23)14(22(2)13-7-8-27(24,25)10-13)21-20-12-6-4-5-11(9-12)16(17,18)19/h4-6,9,13,20H,3,7-8,10H2,1-2H3/b21-14+. The molecule has 1 heterocycles. The van der Waals surface area contributed by atoms with E-state index in [4.69, 9.17) is 4.74 Å². The smallest absolute Gasteiger partial charge is 0.416 e. The fourth-order valence-electron chi connectivity index (χ4n) is 2.60.